The Morgan fingerprint density at radius 1 is 1.20 bits per heavy atom. The Kier molecular flexibility index (Phi) is 4.84. The van der Waals surface area contributed by atoms with E-state index in [2.05, 4.69) is 31.4 Å². The van der Waals surface area contributed by atoms with E-state index in [9.17, 15) is 0 Å². The van der Waals surface area contributed by atoms with Crippen LogP contribution >= 0.6 is 12.2 Å². The number of hydrogen-bond donors (Lipinski definition) is 2. The molecule has 1 aliphatic rings. The van der Waals surface area contributed by atoms with Gasteiger partial charge in [-0.3, -0.25) is 0 Å². The van der Waals surface area contributed by atoms with Crippen molar-refractivity contribution in [1.29, 1.82) is 0 Å². The van der Waals surface area contributed by atoms with Crippen molar-refractivity contribution in [2.45, 2.75) is 58.9 Å². The lowest BCUT2D eigenvalue weighted by Gasteiger charge is -2.26. The summed E-state index contributed by atoms with van der Waals surface area (Å²) in [6, 6.07) is 0.610. The topological polar surface area (TPSA) is 24.1 Å². The van der Waals surface area contributed by atoms with E-state index in [1.807, 2.05) is 0 Å². The van der Waals surface area contributed by atoms with Crippen molar-refractivity contribution in [2.24, 2.45) is 5.41 Å². The number of rotatable bonds is 2. The molecule has 0 bridgehead atoms. The summed E-state index contributed by atoms with van der Waals surface area (Å²) in [6.07, 6.45) is 6.63. The van der Waals surface area contributed by atoms with E-state index in [0.717, 1.165) is 11.7 Å². The van der Waals surface area contributed by atoms with Crippen molar-refractivity contribution in [3.8, 4) is 0 Å². The summed E-state index contributed by atoms with van der Waals surface area (Å²) >= 11 is 5.28. The maximum atomic E-state index is 5.28. The molecule has 88 valence electrons. The Balaban J connectivity index is 2.17. The number of thiocarbonyl (C=S) groups is 1. The van der Waals surface area contributed by atoms with Crippen LogP contribution in [-0.2, 0) is 0 Å². The van der Waals surface area contributed by atoms with Gasteiger partial charge in [-0.05, 0) is 30.5 Å². The van der Waals surface area contributed by atoms with Gasteiger partial charge in [0.2, 0.25) is 0 Å². The maximum absolute atomic E-state index is 5.28. The van der Waals surface area contributed by atoms with Gasteiger partial charge in [-0.1, -0.05) is 40.0 Å². The molecule has 1 rings (SSSR count). The molecule has 0 spiro atoms. The highest BCUT2D eigenvalue weighted by Crippen LogP contribution is 2.17. The van der Waals surface area contributed by atoms with Crippen molar-refractivity contribution in [3.05, 3.63) is 0 Å². The molecule has 1 aliphatic carbocycles. The van der Waals surface area contributed by atoms with Crippen LogP contribution in [0.5, 0.6) is 0 Å². The fraction of sp³-hybridized carbons (Fsp3) is 0.917. The van der Waals surface area contributed by atoms with Gasteiger partial charge in [0.1, 0.15) is 0 Å². The van der Waals surface area contributed by atoms with Crippen LogP contribution in [0.4, 0.5) is 0 Å². The van der Waals surface area contributed by atoms with Crippen LogP contribution < -0.4 is 10.6 Å². The van der Waals surface area contributed by atoms with Gasteiger partial charge in [0.25, 0.3) is 0 Å². The highest BCUT2D eigenvalue weighted by Gasteiger charge is 2.15. The molecule has 0 aromatic carbocycles. The minimum absolute atomic E-state index is 0.290. The lowest BCUT2D eigenvalue weighted by Crippen LogP contribution is -2.45. The molecular weight excluding hydrogens is 204 g/mol. The molecule has 0 saturated heterocycles. The van der Waals surface area contributed by atoms with Crippen LogP contribution in [0.3, 0.4) is 0 Å². The highest BCUT2D eigenvalue weighted by atomic mass is 32.1. The highest BCUT2D eigenvalue weighted by molar-refractivity contribution is 7.80. The van der Waals surface area contributed by atoms with Crippen molar-refractivity contribution >= 4 is 17.3 Å². The molecule has 0 heterocycles. The van der Waals surface area contributed by atoms with Gasteiger partial charge in [0.05, 0.1) is 0 Å². The first-order valence-corrected chi connectivity index (χ1v) is 6.42. The lowest BCUT2D eigenvalue weighted by atomic mass is 9.95. The Hall–Kier alpha value is -0.310. The van der Waals surface area contributed by atoms with Gasteiger partial charge >= 0.3 is 0 Å². The van der Waals surface area contributed by atoms with E-state index in [-0.39, 0.29) is 5.41 Å². The van der Waals surface area contributed by atoms with Gasteiger partial charge in [-0.15, -0.1) is 0 Å². The summed E-state index contributed by atoms with van der Waals surface area (Å²) in [4.78, 5) is 0. The van der Waals surface area contributed by atoms with E-state index >= 15 is 0 Å². The van der Waals surface area contributed by atoms with E-state index in [1.165, 1.54) is 32.1 Å². The quantitative estimate of drug-likeness (QED) is 0.711. The average Bonchev–Trinajstić information content (AvgIpc) is 2.15. The molecule has 15 heavy (non-hydrogen) atoms. The van der Waals surface area contributed by atoms with Crippen molar-refractivity contribution in [3.63, 3.8) is 0 Å². The van der Waals surface area contributed by atoms with Crippen LogP contribution in [0.25, 0.3) is 0 Å². The third-order valence-corrected chi connectivity index (χ3v) is 2.98. The minimum Gasteiger partial charge on any atom is -0.362 e. The summed E-state index contributed by atoms with van der Waals surface area (Å²) in [5, 5.41) is 7.53. The van der Waals surface area contributed by atoms with Gasteiger partial charge in [-0.2, -0.15) is 0 Å². The molecule has 0 aliphatic heterocycles. The summed E-state index contributed by atoms with van der Waals surface area (Å²) in [5.74, 6) is 0. The zero-order chi connectivity index (χ0) is 11.3. The summed E-state index contributed by atoms with van der Waals surface area (Å²) in [6.45, 7) is 7.57. The Bertz CT molecular complexity index is 202. The van der Waals surface area contributed by atoms with Gasteiger partial charge in [0.15, 0.2) is 5.11 Å². The predicted octanol–water partition coefficient (Wildman–Crippen LogP) is 2.83. The molecule has 2 nitrogen and oxygen atoms in total. The largest absolute Gasteiger partial charge is 0.362 e. The first-order chi connectivity index (χ1) is 6.97. The van der Waals surface area contributed by atoms with Crippen LogP contribution in [0, 0.1) is 5.41 Å². The monoisotopic (exact) mass is 228 g/mol. The molecule has 1 fully saturated rings. The van der Waals surface area contributed by atoms with E-state index in [0.29, 0.717) is 6.04 Å². The third kappa shape index (κ3) is 5.98. The minimum atomic E-state index is 0.290. The van der Waals surface area contributed by atoms with E-state index in [1.54, 1.807) is 0 Å². The molecule has 0 atom stereocenters. The Morgan fingerprint density at radius 2 is 1.80 bits per heavy atom. The molecule has 2 N–H and O–H groups in total. The zero-order valence-corrected chi connectivity index (χ0v) is 11.0. The molecule has 1 saturated carbocycles. The second-order valence-electron chi connectivity index (χ2n) is 5.72. The van der Waals surface area contributed by atoms with Crippen LogP contribution in [0.2, 0.25) is 0 Å². The number of nitrogens with one attached hydrogen (secondary N) is 2. The SMILES string of the molecule is CC(C)(C)CNC(=S)NC1CCCCC1. The standard InChI is InChI=1S/C12H24N2S/c1-12(2,3)9-13-11(15)14-10-7-5-4-6-8-10/h10H,4-9H2,1-3H3,(H2,13,14,15). The maximum Gasteiger partial charge on any atom is 0.166 e. The predicted molar refractivity (Wildman–Crippen MR) is 70.1 cm³/mol. The Labute approximate surface area is 99.2 Å². The third-order valence-electron chi connectivity index (χ3n) is 2.72. The second-order valence-corrected chi connectivity index (χ2v) is 6.13. The van der Waals surface area contributed by atoms with E-state index < -0.39 is 0 Å². The first-order valence-electron chi connectivity index (χ1n) is 6.02. The second kappa shape index (κ2) is 5.69. The normalized spacial score (nSPS) is 18.6. The zero-order valence-electron chi connectivity index (χ0n) is 10.2. The molecule has 0 radical (unpaired) electrons. The molecular formula is C12H24N2S. The van der Waals surface area contributed by atoms with E-state index in [4.69, 9.17) is 12.2 Å². The molecule has 0 aromatic heterocycles. The van der Waals surface area contributed by atoms with Gasteiger partial charge in [-0.25, -0.2) is 0 Å². The Morgan fingerprint density at radius 3 is 2.33 bits per heavy atom. The van der Waals surface area contributed by atoms with Crippen molar-refractivity contribution in [2.75, 3.05) is 6.54 Å². The first kappa shape index (κ1) is 12.8. The van der Waals surface area contributed by atoms with Gasteiger partial charge < -0.3 is 10.6 Å². The summed E-state index contributed by atoms with van der Waals surface area (Å²) in [5.41, 5.74) is 0.290. The smallest absolute Gasteiger partial charge is 0.166 e. The van der Waals surface area contributed by atoms with Crippen LogP contribution in [0.15, 0.2) is 0 Å². The average molecular weight is 228 g/mol. The lowest BCUT2D eigenvalue weighted by molar-refractivity contribution is 0.393. The van der Waals surface area contributed by atoms with Gasteiger partial charge in [0, 0.05) is 12.6 Å². The fourth-order valence-electron chi connectivity index (χ4n) is 1.83. The van der Waals surface area contributed by atoms with Crippen molar-refractivity contribution < 1.29 is 0 Å². The van der Waals surface area contributed by atoms with Crippen molar-refractivity contribution in [1.82, 2.24) is 10.6 Å². The molecule has 0 amide bonds. The number of hydrogen-bond acceptors (Lipinski definition) is 1. The summed E-state index contributed by atoms with van der Waals surface area (Å²) < 4.78 is 0. The van der Waals surface area contributed by atoms with Crippen LogP contribution in [0.1, 0.15) is 52.9 Å². The molecule has 0 aromatic rings. The van der Waals surface area contributed by atoms with Crippen LogP contribution in [-0.4, -0.2) is 17.7 Å². The fourth-order valence-corrected chi connectivity index (χ4v) is 2.07. The summed E-state index contributed by atoms with van der Waals surface area (Å²) in [7, 11) is 0. The molecule has 3 heteroatoms. The molecule has 0 unspecified atom stereocenters.